The number of likely N-dealkylation sites (tertiary alicyclic amines) is 1. The van der Waals surface area contributed by atoms with Crippen LogP contribution in [0.5, 0.6) is 0 Å². The van der Waals surface area contributed by atoms with Crippen molar-refractivity contribution in [2.75, 3.05) is 44.2 Å². The molecule has 2 heterocycles. The molecule has 0 radical (unpaired) electrons. The monoisotopic (exact) mass is 574 g/mol. The lowest BCUT2D eigenvalue weighted by molar-refractivity contribution is 0.130. The molecule has 5 rings (SSSR count). The van der Waals surface area contributed by atoms with Gasteiger partial charge in [-0.3, -0.25) is 15.2 Å². The van der Waals surface area contributed by atoms with Crippen LogP contribution in [-0.4, -0.2) is 69.4 Å². The fourth-order valence-corrected chi connectivity index (χ4v) is 6.82. The lowest BCUT2D eigenvalue weighted by atomic mass is 9.94. The Morgan fingerprint density at radius 1 is 0.902 bits per heavy atom. The normalized spacial score (nSPS) is 18.9. The highest BCUT2D eigenvalue weighted by Crippen LogP contribution is 2.27. The highest BCUT2D eigenvalue weighted by Gasteiger charge is 2.35. The van der Waals surface area contributed by atoms with Crippen LogP contribution in [0.1, 0.15) is 24.0 Å². The molecule has 0 saturated carbocycles. The summed E-state index contributed by atoms with van der Waals surface area (Å²) < 4.78 is 28.6. The van der Waals surface area contributed by atoms with Gasteiger partial charge in [0.15, 0.2) is 0 Å². The van der Waals surface area contributed by atoms with Gasteiger partial charge in [-0.05, 0) is 61.7 Å². The third-order valence-corrected chi connectivity index (χ3v) is 9.38. The minimum atomic E-state index is -3.67. The highest BCUT2D eigenvalue weighted by molar-refractivity contribution is 7.89. The molecular formula is C31H38N6O3S. The van der Waals surface area contributed by atoms with Crippen molar-refractivity contribution in [2.24, 2.45) is 17.6 Å². The SMILES string of the molecule is N=C(N)c1cccc(N2CC(CNS(=O)(=O)c3ccccc3)CN(CC3CCN(Cc4ccccc4)CC3)C2=O)c1. The number of piperidine rings is 1. The van der Waals surface area contributed by atoms with Crippen LogP contribution in [0.25, 0.3) is 0 Å². The van der Waals surface area contributed by atoms with Crippen molar-refractivity contribution in [2.45, 2.75) is 24.3 Å². The molecule has 0 aliphatic carbocycles. The van der Waals surface area contributed by atoms with Crippen LogP contribution >= 0.6 is 0 Å². The Labute approximate surface area is 242 Å². The van der Waals surface area contributed by atoms with Gasteiger partial charge in [-0.25, -0.2) is 17.9 Å². The van der Waals surface area contributed by atoms with Gasteiger partial charge in [0.25, 0.3) is 0 Å². The maximum Gasteiger partial charge on any atom is 0.324 e. The Bertz CT molecular complexity index is 1440. The van der Waals surface area contributed by atoms with Gasteiger partial charge in [-0.2, -0.15) is 0 Å². The molecule has 2 aliphatic rings. The second kappa shape index (κ2) is 12.8. The van der Waals surface area contributed by atoms with Gasteiger partial charge in [0.2, 0.25) is 10.0 Å². The zero-order chi connectivity index (χ0) is 28.8. The van der Waals surface area contributed by atoms with Gasteiger partial charge in [-0.1, -0.05) is 60.7 Å². The van der Waals surface area contributed by atoms with Gasteiger partial charge < -0.3 is 10.6 Å². The number of amides is 2. The average molecular weight is 575 g/mol. The number of nitrogens with zero attached hydrogens (tertiary/aromatic N) is 3. The Hall–Kier alpha value is -3.73. The van der Waals surface area contributed by atoms with E-state index in [-0.39, 0.29) is 29.2 Å². The van der Waals surface area contributed by atoms with Crippen LogP contribution < -0.4 is 15.4 Å². The number of sulfonamides is 1. The summed E-state index contributed by atoms with van der Waals surface area (Å²) in [7, 11) is -3.67. The third kappa shape index (κ3) is 7.32. The largest absolute Gasteiger partial charge is 0.384 e. The second-order valence-corrected chi connectivity index (χ2v) is 12.8. The molecule has 2 aliphatic heterocycles. The fraction of sp³-hybridized carbons (Fsp3) is 0.355. The smallest absolute Gasteiger partial charge is 0.324 e. The molecule has 216 valence electrons. The first-order valence-corrected chi connectivity index (χ1v) is 15.6. The predicted molar refractivity (Wildman–Crippen MR) is 161 cm³/mol. The number of carbonyl (C=O) groups excluding carboxylic acids is 1. The number of amidine groups is 1. The topological polar surface area (TPSA) is 123 Å². The third-order valence-electron chi connectivity index (χ3n) is 7.94. The second-order valence-electron chi connectivity index (χ2n) is 11.0. The van der Waals surface area contributed by atoms with E-state index >= 15 is 0 Å². The van der Waals surface area contributed by atoms with E-state index in [2.05, 4.69) is 33.9 Å². The number of hydrogen-bond acceptors (Lipinski definition) is 5. The van der Waals surface area contributed by atoms with Gasteiger partial charge in [-0.15, -0.1) is 0 Å². The molecule has 2 saturated heterocycles. The number of rotatable bonds is 10. The highest BCUT2D eigenvalue weighted by atomic mass is 32.2. The number of nitrogens with two attached hydrogens (primary N) is 1. The fourth-order valence-electron chi connectivity index (χ4n) is 5.68. The lowest BCUT2D eigenvalue weighted by Gasteiger charge is -2.42. The van der Waals surface area contributed by atoms with Crippen LogP contribution in [-0.2, 0) is 16.6 Å². The van der Waals surface area contributed by atoms with E-state index in [1.165, 1.54) is 5.56 Å². The summed E-state index contributed by atoms with van der Waals surface area (Å²) in [6.07, 6.45) is 2.00. The van der Waals surface area contributed by atoms with Gasteiger partial charge in [0, 0.05) is 49.9 Å². The Balaban J connectivity index is 1.28. The van der Waals surface area contributed by atoms with Crippen LogP contribution in [0.15, 0.2) is 89.8 Å². The number of nitrogens with one attached hydrogen (secondary N) is 2. The summed E-state index contributed by atoms with van der Waals surface area (Å²) in [5, 5.41) is 7.83. The van der Waals surface area contributed by atoms with Gasteiger partial charge in [0.05, 0.1) is 4.90 Å². The first-order valence-electron chi connectivity index (χ1n) is 14.1. The number of anilines is 1. The molecule has 41 heavy (non-hydrogen) atoms. The molecule has 1 atom stereocenters. The van der Waals surface area contributed by atoms with E-state index in [0.29, 0.717) is 36.8 Å². The van der Waals surface area contributed by atoms with E-state index in [4.69, 9.17) is 11.1 Å². The van der Waals surface area contributed by atoms with Gasteiger partial charge >= 0.3 is 6.03 Å². The summed E-state index contributed by atoms with van der Waals surface area (Å²) in [5.74, 6) is 0.184. The first kappa shape index (κ1) is 28.8. The number of nitrogen functional groups attached to an aromatic ring is 1. The van der Waals surface area contributed by atoms with Crippen LogP contribution in [0, 0.1) is 17.2 Å². The first-order chi connectivity index (χ1) is 19.8. The summed E-state index contributed by atoms with van der Waals surface area (Å²) in [4.78, 5) is 20.0. The summed E-state index contributed by atoms with van der Waals surface area (Å²) in [6, 6.07) is 25.8. The predicted octanol–water partition coefficient (Wildman–Crippen LogP) is 3.72. The molecule has 3 aromatic carbocycles. The van der Waals surface area contributed by atoms with Crippen LogP contribution in [0.2, 0.25) is 0 Å². The van der Waals surface area contributed by atoms with Crippen molar-refractivity contribution >= 4 is 27.6 Å². The Kier molecular flexibility index (Phi) is 9.02. The van der Waals surface area contributed by atoms with Crippen molar-refractivity contribution < 1.29 is 13.2 Å². The van der Waals surface area contributed by atoms with Crippen molar-refractivity contribution in [1.29, 1.82) is 5.41 Å². The molecule has 2 fully saturated rings. The van der Waals surface area contributed by atoms with Crippen molar-refractivity contribution in [1.82, 2.24) is 14.5 Å². The van der Waals surface area contributed by atoms with E-state index < -0.39 is 10.0 Å². The molecule has 9 nitrogen and oxygen atoms in total. The standard InChI is InChI=1S/C31H38N6O3S/c32-30(33)27-10-7-11-28(18-27)37-23-26(19-34-41(39,40)29-12-5-2-6-13-29)22-36(31(37)38)21-25-14-16-35(17-15-25)20-24-8-3-1-4-9-24/h1-13,18,25-26,34H,14-17,19-23H2,(H3,32,33). The average Bonchev–Trinajstić information content (AvgIpc) is 2.99. The quantitative estimate of drug-likeness (QED) is 0.252. The zero-order valence-corrected chi connectivity index (χ0v) is 24.0. The molecule has 10 heteroatoms. The zero-order valence-electron chi connectivity index (χ0n) is 23.2. The number of benzene rings is 3. The summed E-state index contributed by atoms with van der Waals surface area (Å²) in [6.45, 7) is 4.56. The lowest BCUT2D eigenvalue weighted by Crippen LogP contribution is -2.57. The maximum absolute atomic E-state index is 13.8. The molecule has 2 amide bonds. The maximum atomic E-state index is 13.8. The summed E-state index contributed by atoms with van der Waals surface area (Å²) in [5.41, 5.74) is 8.23. The molecule has 0 aromatic heterocycles. The minimum absolute atomic E-state index is 0.0670. The van der Waals surface area contributed by atoms with E-state index in [1.54, 1.807) is 53.4 Å². The molecular weight excluding hydrogens is 536 g/mol. The number of urea groups is 1. The van der Waals surface area contributed by atoms with E-state index in [1.807, 2.05) is 17.0 Å². The molecule has 1 unspecified atom stereocenters. The minimum Gasteiger partial charge on any atom is -0.384 e. The number of hydrogen-bond donors (Lipinski definition) is 3. The molecule has 3 aromatic rings. The van der Waals surface area contributed by atoms with E-state index in [9.17, 15) is 13.2 Å². The van der Waals surface area contributed by atoms with Crippen molar-refractivity contribution in [3.05, 3.63) is 96.1 Å². The van der Waals surface area contributed by atoms with Crippen LogP contribution in [0.3, 0.4) is 0 Å². The van der Waals surface area contributed by atoms with Gasteiger partial charge in [0.1, 0.15) is 5.84 Å². The number of carbonyl (C=O) groups is 1. The Morgan fingerprint density at radius 2 is 1.59 bits per heavy atom. The Morgan fingerprint density at radius 3 is 2.27 bits per heavy atom. The van der Waals surface area contributed by atoms with E-state index in [0.717, 1.165) is 32.5 Å². The van der Waals surface area contributed by atoms with Crippen molar-refractivity contribution in [3.8, 4) is 0 Å². The molecule has 0 spiro atoms. The molecule has 0 bridgehead atoms. The van der Waals surface area contributed by atoms with Crippen LogP contribution in [0.4, 0.5) is 10.5 Å². The van der Waals surface area contributed by atoms with Crippen molar-refractivity contribution in [3.63, 3.8) is 0 Å². The molecule has 4 N–H and O–H groups in total. The summed E-state index contributed by atoms with van der Waals surface area (Å²) >= 11 is 0.